The van der Waals surface area contributed by atoms with E-state index in [1.165, 1.54) is 80.2 Å². The summed E-state index contributed by atoms with van der Waals surface area (Å²) in [6, 6.07) is 21.4. The van der Waals surface area contributed by atoms with Gasteiger partial charge in [-0.25, -0.2) is 23.1 Å². The summed E-state index contributed by atoms with van der Waals surface area (Å²) in [6.07, 6.45) is -8.94. The lowest BCUT2D eigenvalue weighted by Crippen LogP contribution is -2.46. The number of anilines is 5. The molecule has 0 aliphatic carbocycles. The maximum atomic E-state index is 13.6. The Bertz CT molecular complexity index is 3720. The fourth-order valence-electron chi connectivity index (χ4n) is 10.0. The molecule has 3 saturated heterocycles. The van der Waals surface area contributed by atoms with E-state index in [0.717, 1.165) is 56.7 Å². The molecule has 5 atom stereocenters. The summed E-state index contributed by atoms with van der Waals surface area (Å²) < 4.78 is 126. The van der Waals surface area contributed by atoms with Gasteiger partial charge in [-0.15, -0.1) is 0 Å². The largest absolute Gasteiger partial charge is 0.416 e. The van der Waals surface area contributed by atoms with Crippen molar-refractivity contribution in [1.82, 2.24) is 20.2 Å². The molecule has 1 N–H and O–H groups in total. The van der Waals surface area contributed by atoms with Gasteiger partial charge in [-0.3, -0.25) is 38.6 Å². The Labute approximate surface area is 526 Å². The van der Waals surface area contributed by atoms with E-state index in [9.17, 15) is 68.3 Å². The lowest BCUT2D eigenvalue weighted by Gasteiger charge is -2.28. The molecule has 2 aromatic heterocycles. The zero-order valence-electron chi connectivity index (χ0n) is 49.2. The van der Waals surface area contributed by atoms with Crippen LogP contribution in [0.4, 0.5) is 68.2 Å². The minimum atomic E-state index is -4.65. The molecule has 3 aliphatic heterocycles. The van der Waals surface area contributed by atoms with Crippen LogP contribution in [0.25, 0.3) is 0 Å². The summed E-state index contributed by atoms with van der Waals surface area (Å²) in [6.45, 7) is 7.33. The molecule has 90 heavy (non-hydrogen) atoms. The Hall–Kier alpha value is -8.10. The number of alkyl halides is 6. The van der Waals surface area contributed by atoms with Crippen molar-refractivity contribution in [2.75, 3.05) is 72.9 Å². The van der Waals surface area contributed by atoms with Crippen molar-refractivity contribution in [3.8, 4) is 0 Å². The summed E-state index contributed by atoms with van der Waals surface area (Å²) in [5.74, 6) is -6.23. The molecular formula is C62H59Cl3F9N9O7. The van der Waals surface area contributed by atoms with Crippen LogP contribution in [-0.4, -0.2) is 117 Å². The van der Waals surface area contributed by atoms with E-state index < -0.39 is 88.6 Å². The second-order valence-corrected chi connectivity index (χ2v) is 22.8. The van der Waals surface area contributed by atoms with Crippen LogP contribution in [0.3, 0.4) is 0 Å². The predicted molar refractivity (Wildman–Crippen MR) is 322 cm³/mol. The molecule has 0 saturated carbocycles. The van der Waals surface area contributed by atoms with E-state index in [1.807, 2.05) is 30.3 Å². The highest BCUT2D eigenvalue weighted by atomic mass is 35.5. The smallest absolute Gasteiger partial charge is 0.376 e. The van der Waals surface area contributed by atoms with Gasteiger partial charge in [0.05, 0.1) is 51.2 Å². The third kappa shape index (κ3) is 16.6. The number of benzene rings is 4. The number of rotatable bonds is 14. The standard InChI is InChI=1S/C22H23ClF4N4O2.C20H16ClF4N3O2.C20H20ClFN2O3/c1-12-7-14(22(25,26)27)9-19(28-12)31-18(8-13(20(31)32)11-29(2)3)21(33)30(4)15-5-6-17(24)16(23)10-15;1-10-6-16(19(30)27(3)13-4-5-15(22)14(21)9-13)28(18(10)29)17-8-12(20(23,24)25)7-11(2)26-17;1-24(15-7-8-17(22)16(21)10-15)20(26)18-9-14(19(25)23-18)12-27-11-13-5-3-2-4-6-13/h5-7,9-10,13,18H,8,11H2,1-4H3;4-5,7-9,16H,1,6H2,2-3H3;2-8,10,14,18H,9,11-12H2,1H3,(H,23,25)/t13-,18+;16-;14-,18+/m101/s1. The van der Waals surface area contributed by atoms with E-state index in [2.05, 4.69) is 21.9 Å². The van der Waals surface area contributed by atoms with Gasteiger partial charge in [0.15, 0.2) is 0 Å². The molecule has 5 heterocycles. The number of aromatic nitrogens is 2. The maximum Gasteiger partial charge on any atom is 0.416 e. The third-order valence-corrected chi connectivity index (χ3v) is 15.5. The van der Waals surface area contributed by atoms with Crippen LogP contribution in [0.2, 0.25) is 15.1 Å². The molecule has 0 spiro atoms. The number of ether oxygens (including phenoxy) is 1. The summed E-state index contributed by atoms with van der Waals surface area (Å²) >= 11 is 17.4. The first kappa shape index (κ1) is 69.4. The van der Waals surface area contributed by atoms with Gasteiger partial charge >= 0.3 is 12.4 Å². The Kier molecular flexibility index (Phi) is 22.2. The van der Waals surface area contributed by atoms with E-state index in [-0.39, 0.29) is 92.2 Å². The third-order valence-electron chi connectivity index (χ3n) is 14.7. The number of pyridine rings is 2. The van der Waals surface area contributed by atoms with Gasteiger partial charge in [-0.1, -0.05) is 71.7 Å². The Morgan fingerprint density at radius 1 is 0.611 bits per heavy atom. The number of carbonyl (C=O) groups excluding carboxylic acids is 6. The van der Waals surface area contributed by atoms with E-state index >= 15 is 0 Å². The first-order chi connectivity index (χ1) is 42.1. The zero-order valence-corrected chi connectivity index (χ0v) is 51.5. The maximum absolute atomic E-state index is 13.6. The number of nitrogens with one attached hydrogen (secondary N) is 1. The highest BCUT2D eigenvalue weighted by molar-refractivity contribution is 6.32. The normalized spacial score (nSPS) is 18.2. The van der Waals surface area contributed by atoms with Gasteiger partial charge in [0, 0.05) is 68.1 Å². The van der Waals surface area contributed by atoms with Crippen LogP contribution in [-0.2, 0) is 52.5 Å². The van der Waals surface area contributed by atoms with Crippen LogP contribution in [0.5, 0.6) is 0 Å². The monoisotopic (exact) mass is 1320 g/mol. The van der Waals surface area contributed by atoms with Gasteiger partial charge in [0.25, 0.3) is 5.91 Å². The van der Waals surface area contributed by atoms with Crippen molar-refractivity contribution in [3.63, 3.8) is 0 Å². The lowest BCUT2D eigenvalue weighted by molar-refractivity contribution is -0.138. The summed E-state index contributed by atoms with van der Waals surface area (Å²) in [5, 5.41) is 2.26. The van der Waals surface area contributed by atoms with E-state index in [0.29, 0.717) is 25.3 Å². The minimum absolute atomic E-state index is 0.0370. The quantitative estimate of drug-likeness (QED) is 0.0818. The van der Waals surface area contributed by atoms with Crippen LogP contribution >= 0.6 is 34.8 Å². The van der Waals surface area contributed by atoms with Crippen molar-refractivity contribution < 1.29 is 73.0 Å². The second-order valence-electron chi connectivity index (χ2n) is 21.6. The second kappa shape index (κ2) is 28.8. The molecule has 3 fully saturated rings. The van der Waals surface area contributed by atoms with Crippen LogP contribution in [0.15, 0.2) is 121 Å². The first-order valence-corrected chi connectivity index (χ1v) is 28.5. The molecule has 4 aromatic carbocycles. The molecular weight excluding hydrogens is 1260 g/mol. The highest BCUT2D eigenvalue weighted by Crippen LogP contribution is 2.39. The van der Waals surface area contributed by atoms with Crippen molar-refractivity contribution in [2.45, 2.75) is 70.2 Å². The van der Waals surface area contributed by atoms with Gasteiger partial charge < -0.3 is 29.7 Å². The number of carbonyl (C=O) groups is 6. The van der Waals surface area contributed by atoms with Gasteiger partial charge in [0.2, 0.25) is 29.5 Å². The number of amides is 6. The number of hydrogen-bond donors (Lipinski definition) is 1. The zero-order chi connectivity index (χ0) is 66.4. The molecule has 6 amide bonds. The molecule has 28 heteroatoms. The van der Waals surface area contributed by atoms with E-state index in [1.54, 1.807) is 26.0 Å². The molecule has 9 rings (SSSR count). The van der Waals surface area contributed by atoms with Gasteiger partial charge in [0.1, 0.15) is 47.2 Å². The Morgan fingerprint density at radius 2 is 1.06 bits per heavy atom. The van der Waals surface area contributed by atoms with Crippen LogP contribution in [0.1, 0.15) is 47.3 Å². The summed E-state index contributed by atoms with van der Waals surface area (Å²) in [5.41, 5.74) is 0.242. The number of hydrogen-bond acceptors (Lipinski definition) is 10. The molecule has 0 radical (unpaired) electrons. The minimum Gasteiger partial charge on any atom is -0.376 e. The van der Waals surface area contributed by atoms with Gasteiger partial charge in [-0.05, 0) is 125 Å². The van der Waals surface area contributed by atoms with Crippen molar-refractivity contribution in [3.05, 3.63) is 182 Å². The Balaban J connectivity index is 0.000000193. The summed E-state index contributed by atoms with van der Waals surface area (Å²) in [4.78, 5) is 92.7. The van der Waals surface area contributed by atoms with Crippen LogP contribution < -0.4 is 29.8 Å². The average molecular weight is 1320 g/mol. The first-order valence-electron chi connectivity index (χ1n) is 27.4. The van der Waals surface area contributed by atoms with Crippen molar-refractivity contribution in [2.24, 2.45) is 11.8 Å². The number of aryl methyl sites for hydroxylation is 2. The molecule has 6 aromatic rings. The SMILES string of the molecule is C=C1C[C@@H](C(=O)N(C)c2ccc(F)c(Cl)c2)N(c2cc(C(F)(F)F)cc(C)n2)C1=O.CN(C(=O)[C@@H]1C[C@H](COCc2ccccc2)C(=O)N1)c1ccc(F)c(Cl)c1.Cc1cc(C(F)(F)F)cc(N2C(=O)[C@@H](CN(C)C)C[C@H]2C(=O)N(C)c2ccc(F)c(Cl)c2)n1. The molecule has 3 aliphatic rings. The fourth-order valence-corrected chi connectivity index (χ4v) is 10.6. The highest BCUT2D eigenvalue weighted by Gasteiger charge is 2.47. The predicted octanol–water partition coefficient (Wildman–Crippen LogP) is 11.8. The number of halogens is 12. The fraction of sp³-hybridized carbons (Fsp3) is 0.323. The van der Waals surface area contributed by atoms with Gasteiger partial charge in [-0.2, -0.15) is 26.3 Å². The Morgan fingerprint density at radius 3 is 1.50 bits per heavy atom. The molecule has 478 valence electrons. The van der Waals surface area contributed by atoms with Crippen molar-refractivity contribution in [1.29, 1.82) is 0 Å². The van der Waals surface area contributed by atoms with E-state index in [4.69, 9.17) is 39.5 Å². The van der Waals surface area contributed by atoms with Crippen molar-refractivity contribution >= 4 is 98.9 Å². The summed E-state index contributed by atoms with van der Waals surface area (Å²) in [7, 11) is 7.90. The van der Waals surface area contributed by atoms with Crippen LogP contribution in [0, 0.1) is 43.1 Å². The molecule has 16 nitrogen and oxygen atoms in total. The molecule has 0 unspecified atom stereocenters. The topological polar surface area (TPSA) is 169 Å². The number of likely N-dealkylation sites (N-methyl/N-ethyl adjacent to an activating group) is 3. The average Bonchev–Trinajstić information content (AvgIpc) is 1.60. The lowest BCUT2D eigenvalue weighted by atomic mass is 10.0. The molecule has 0 bridgehead atoms. The number of nitrogens with zero attached hydrogens (tertiary/aromatic N) is 8.